The molecule has 2 heteroatoms. The van der Waals surface area contributed by atoms with Gasteiger partial charge in [-0.2, -0.15) is 0 Å². The number of aliphatic hydroxyl groups excluding tert-OH is 1. The Morgan fingerprint density at radius 1 is 1.10 bits per heavy atom. The van der Waals surface area contributed by atoms with Crippen molar-refractivity contribution in [2.45, 2.75) is 84.7 Å². The molecule has 0 amide bonds. The molecule has 2 nitrogen and oxygen atoms in total. The Labute approximate surface area is 187 Å². The maximum Gasteiger partial charge on any atom is 0.156 e. The molecule has 0 aromatic heterocycles. The van der Waals surface area contributed by atoms with E-state index in [1.807, 2.05) is 6.08 Å². The van der Waals surface area contributed by atoms with Crippen LogP contribution in [0.1, 0.15) is 81.4 Å². The van der Waals surface area contributed by atoms with Crippen LogP contribution in [0, 0.1) is 43.4 Å². The van der Waals surface area contributed by atoms with E-state index in [0.29, 0.717) is 30.0 Å². The van der Waals surface area contributed by atoms with Gasteiger partial charge in [-0.1, -0.05) is 30.7 Å². The smallest absolute Gasteiger partial charge is 0.156 e. The second-order valence-corrected chi connectivity index (χ2v) is 10.3. The van der Waals surface area contributed by atoms with Crippen LogP contribution in [-0.2, 0) is 4.79 Å². The largest absolute Gasteiger partial charge is 0.393 e. The molecule has 0 radical (unpaired) electrons. The first-order valence-electron chi connectivity index (χ1n) is 11.9. The SMILES string of the molecule is C#CC.Cc1ccc(C2CC3(C)C(O)CCC3C3CCC4=CC(=O)CCC4=C23)cc1C. The molecule has 0 bridgehead atoms. The summed E-state index contributed by atoms with van der Waals surface area (Å²) in [4.78, 5) is 12.1. The number of hydrogen-bond donors (Lipinski definition) is 1. The van der Waals surface area contributed by atoms with Gasteiger partial charge in [0.25, 0.3) is 0 Å². The van der Waals surface area contributed by atoms with E-state index in [2.05, 4.69) is 51.3 Å². The van der Waals surface area contributed by atoms with Gasteiger partial charge in [0.05, 0.1) is 6.10 Å². The van der Waals surface area contributed by atoms with E-state index >= 15 is 0 Å². The molecule has 1 aromatic carbocycles. The zero-order valence-electron chi connectivity index (χ0n) is 19.5. The maximum absolute atomic E-state index is 12.1. The number of benzene rings is 1. The predicted molar refractivity (Wildman–Crippen MR) is 127 cm³/mol. The molecular weight excluding hydrogens is 380 g/mol. The van der Waals surface area contributed by atoms with Gasteiger partial charge in [-0.15, -0.1) is 12.3 Å². The lowest BCUT2D eigenvalue weighted by molar-refractivity contribution is -0.114. The fraction of sp³-hybridized carbons (Fsp3) is 0.552. The van der Waals surface area contributed by atoms with Crippen LogP contribution in [0.25, 0.3) is 0 Å². The quantitative estimate of drug-likeness (QED) is 0.553. The van der Waals surface area contributed by atoms with Crippen molar-refractivity contribution in [1.29, 1.82) is 0 Å². The molecule has 5 unspecified atom stereocenters. The number of aryl methyl sites for hydroxylation is 2. The summed E-state index contributed by atoms with van der Waals surface area (Å²) < 4.78 is 0. The van der Waals surface area contributed by atoms with E-state index in [1.54, 1.807) is 12.5 Å². The molecule has 1 aromatic rings. The molecule has 0 spiro atoms. The second kappa shape index (κ2) is 8.44. The van der Waals surface area contributed by atoms with Crippen LogP contribution in [0.15, 0.2) is 41.0 Å². The Kier molecular flexibility index (Phi) is 6.01. The van der Waals surface area contributed by atoms with Gasteiger partial charge in [-0.25, -0.2) is 0 Å². The van der Waals surface area contributed by atoms with Crippen LogP contribution >= 0.6 is 0 Å². The predicted octanol–water partition coefficient (Wildman–Crippen LogP) is 6.20. The maximum atomic E-state index is 12.1. The minimum atomic E-state index is -0.178. The third-order valence-electron chi connectivity index (χ3n) is 8.61. The van der Waals surface area contributed by atoms with E-state index in [9.17, 15) is 9.90 Å². The monoisotopic (exact) mass is 416 g/mol. The van der Waals surface area contributed by atoms with Crippen LogP contribution in [0.3, 0.4) is 0 Å². The minimum absolute atomic E-state index is 0.0177. The zero-order chi connectivity index (χ0) is 22.3. The number of carbonyl (C=O) groups is 1. The summed E-state index contributed by atoms with van der Waals surface area (Å²) in [5.41, 5.74) is 8.57. The van der Waals surface area contributed by atoms with E-state index in [0.717, 1.165) is 38.5 Å². The Bertz CT molecular complexity index is 988. The fourth-order valence-electron chi connectivity index (χ4n) is 6.91. The molecule has 2 fully saturated rings. The Hall–Kier alpha value is -2.11. The molecule has 31 heavy (non-hydrogen) atoms. The summed E-state index contributed by atoms with van der Waals surface area (Å²) >= 11 is 0. The first-order chi connectivity index (χ1) is 14.8. The Morgan fingerprint density at radius 2 is 1.84 bits per heavy atom. The third kappa shape index (κ3) is 3.72. The highest BCUT2D eigenvalue weighted by Gasteiger charge is 2.56. The third-order valence-corrected chi connectivity index (χ3v) is 8.61. The molecule has 164 valence electrons. The lowest BCUT2D eigenvalue weighted by Crippen LogP contribution is -2.45. The molecule has 0 aliphatic heterocycles. The summed E-state index contributed by atoms with van der Waals surface area (Å²) in [6.45, 7) is 8.38. The highest BCUT2D eigenvalue weighted by molar-refractivity contribution is 5.93. The van der Waals surface area contributed by atoms with Crippen LogP contribution in [-0.4, -0.2) is 17.0 Å². The normalized spacial score (nSPS) is 33.9. The van der Waals surface area contributed by atoms with Gasteiger partial charge in [0.2, 0.25) is 0 Å². The van der Waals surface area contributed by atoms with E-state index in [4.69, 9.17) is 0 Å². The summed E-state index contributed by atoms with van der Waals surface area (Å²) in [7, 11) is 0. The van der Waals surface area contributed by atoms with Crippen molar-refractivity contribution < 1.29 is 9.90 Å². The van der Waals surface area contributed by atoms with Crippen LogP contribution in [0.4, 0.5) is 0 Å². The summed E-state index contributed by atoms with van der Waals surface area (Å²) in [6.07, 6.45) is 13.3. The van der Waals surface area contributed by atoms with Crippen LogP contribution in [0.2, 0.25) is 0 Å². The molecule has 4 aliphatic rings. The standard InChI is InChI=1S/C26H32O2.C3H4/c1-15-4-5-17(12-16(15)2)22-14-26(3)23(10-11-24(26)28)21-8-6-18-13-19(27)7-9-20(18)25(21)22;1-3-2/h4-5,12-13,21-24,28H,6-11,14H2,1-3H3;1H,2H3. The van der Waals surface area contributed by atoms with Crippen molar-refractivity contribution in [3.05, 3.63) is 57.7 Å². The number of ketones is 1. The molecule has 4 aliphatic carbocycles. The second-order valence-electron chi connectivity index (χ2n) is 10.3. The lowest BCUT2D eigenvalue weighted by Gasteiger charge is -2.52. The van der Waals surface area contributed by atoms with Gasteiger partial charge in [0.15, 0.2) is 5.78 Å². The average Bonchev–Trinajstić information content (AvgIpc) is 3.04. The molecular formula is C29H36O2. The van der Waals surface area contributed by atoms with Gasteiger partial charge in [-0.3, -0.25) is 4.79 Å². The molecule has 5 atom stereocenters. The number of allylic oxidation sites excluding steroid dienone is 4. The first kappa shape index (κ1) is 22.1. The van der Waals surface area contributed by atoms with E-state index < -0.39 is 0 Å². The number of carbonyl (C=O) groups excluding carboxylic acids is 1. The van der Waals surface area contributed by atoms with Crippen molar-refractivity contribution in [1.82, 2.24) is 0 Å². The highest BCUT2D eigenvalue weighted by atomic mass is 16.3. The molecule has 2 saturated carbocycles. The number of terminal acetylenes is 1. The number of hydrogen-bond acceptors (Lipinski definition) is 2. The first-order valence-corrected chi connectivity index (χ1v) is 11.9. The Morgan fingerprint density at radius 3 is 2.55 bits per heavy atom. The topological polar surface area (TPSA) is 37.3 Å². The minimum Gasteiger partial charge on any atom is -0.393 e. The average molecular weight is 417 g/mol. The molecule has 5 rings (SSSR count). The van der Waals surface area contributed by atoms with Crippen molar-refractivity contribution >= 4 is 5.78 Å². The number of aliphatic hydroxyl groups is 1. The van der Waals surface area contributed by atoms with Gasteiger partial charge in [-0.05, 0) is 110 Å². The summed E-state index contributed by atoms with van der Waals surface area (Å²) in [5, 5.41) is 10.9. The molecule has 0 heterocycles. The van der Waals surface area contributed by atoms with Crippen LogP contribution in [0.5, 0.6) is 0 Å². The molecule has 1 N–H and O–H groups in total. The summed E-state index contributed by atoms with van der Waals surface area (Å²) in [6, 6.07) is 6.95. The van der Waals surface area contributed by atoms with Gasteiger partial charge in [0.1, 0.15) is 0 Å². The van der Waals surface area contributed by atoms with Gasteiger partial charge >= 0.3 is 0 Å². The molecule has 0 saturated heterocycles. The van der Waals surface area contributed by atoms with E-state index in [-0.39, 0.29) is 11.5 Å². The van der Waals surface area contributed by atoms with Crippen molar-refractivity contribution in [3.63, 3.8) is 0 Å². The Balaban J connectivity index is 0.000000730. The summed E-state index contributed by atoms with van der Waals surface area (Å²) in [5.74, 6) is 4.09. The van der Waals surface area contributed by atoms with Crippen molar-refractivity contribution in [2.75, 3.05) is 0 Å². The van der Waals surface area contributed by atoms with Crippen LogP contribution < -0.4 is 0 Å². The fourth-order valence-corrected chi connectivity index (χ4v) is 6.91. The van der Waals surface area contributed by atoms with E-state index in [1.165, 1.54) is 27.8 Å². The number of rotatable bonds is 1. The van der Waals surface area contributed by atoms with Crippen molar-refractivity contribution in [3.8, 4) is 12.3 Å². The van der Waals surface area contributed by atoms with Gasteiger partial charge in [0, 0.05) is 12.3 Å². The zero-order valence-corrected chi connectivity index (χ0v) is 19.5. The lowest BCUT2D eigenvalue weighted by atomic mass is 9.53. The van der Waals surface area contributed by atoms with Crippen molar-refractivity contribution in [2.24, 2.45) is 17.3 Å². The highest BCUT2D eigenvalue weighted by Crippen LogP contribution is 2.63. The van der Waals surface area contributed by atoms with Gasteiger partial charge < -0.3 is 5.11 Å². The number of fused-ring (bicyclic) bond motifs is 4.